The highest BCUT2D eigenvalue weighted by Gasteiger charge is 2.24. The van der Waals surface area contributed by atoms with Crippen LogP contribution in [0.25, 0.3) is 0 Å². The molecule has 1 N–H and O–H groups in total. The molecule has 1 aliphatic heterocycles. The Morgan fingerprint density at radius 2 is 1.85 bits per heavy atom. The predicted octanol–water partition coefficient (Wildman–Crippen LogP) is 2.36. The second kappa shape index (κ2) is 6.70. The fraction of sp³-hybridized carbons (Fsp3) is 0.647. The summed E-state index contributed by atoms with van der Waals surface area (Å²) in [5.41, 5.74) is 3.50. The number of benzene rings is 1. The first kappa shape index (κ1) is 15.5. The number of hydrogen-bond donors (Lipinski definition) is 1. The summed E-state index contributed by atoms with van der Waals surface area (Å²) in [6, 6.07) is 6.94. The molecule has 0 bridgehead atoms. The predicted molar refractivity (Wildman–Crippen MR) is 84.0 cm³/mol. The zero-order chi connectivity index (χ0) is 14.7. The van der Waals surface area contributed by atoms with Crippen molar-refractivity contribution in [1.82, 2.24) is 9.80 Å². The average Bonchev–Trinajstić information content (AvgIpc) is 2.37. The number of β-amino-alcohol motifs (C(OH)–C–C–N with tert-alkyl or cyclic N) is 1. The van der Waals surface area contributed by atoms with Gasteiger partial charge in [0.05, 0.1) is 6.10 Å². The Hall–Kier alpha value is -0.900. The van der Waals surface area contributed by atoms with Crippen LogP contribution in [0.1, 0.15) is 36.6 Å². The van der Waals surface area contributed by atoms with Crippen molar-refractivity contribution in [1.29, 1.82) is 0 Å². The lowest BCUT2D eigenvalue weighted by Gasteiger charge is -2.40. The van der Waals surface area contributed by atoms with Crippen LogP contribution in [-0.2, 0) is 0 Å². The minimum Gasteiger partial charge on any atom is -0.387 e. The molecule has 1 aromatic carbocycles. The van der Waals surface area contributed by atoms with Crippen molar-refractivity contribution in [2.45, 2.75) is 39.8 Å². The molecule has 2 atom stereocenters. The molecule has 1 heterocycles. The summed E-state index contributed by atoms with van der Waals surface area (Å²) in [6.45, 7) is 13.7. The normalized spacial score (nSPS) is 22.9. The van der Waals surface area contributed by atoms with E-state index in [1.807, 2.05) is 0 Å². The van der Waals surface area contributed by atoms with E-state index in [2.05, 4.69) is 55.7 Å². The van der Waals surface area contributed by atoms with Gasteiger partial charge in [0.1, 0.15) is 0 Å². The van der Waals surface area contributed by atoms with E-state index >= 15 is 0 Å². The van der Waals surface area contributed by atoms with E-state index in [1.165, 1.54) is 11.1 Å². The van der Waals surface area contributed by atoms with Gasteiger partial charge in [-0.2, -0.15) is 0 Å². The summed E-state index contributed by atoms with van der Waals surface area (Å²) < 4.78 is 0. The molecular weight excluding hydrogens is 248 g/mol. The van der Waals surface area contributed by atoms with Crippen LogP contribution in [0.5, 0.6) is 0 Å². The molecule has 20 heavy (non-hydrogen) atoms. The van der Waals surface area contributed by atoms with Crippen LogP contribution in [0.15, 0.2) is 18.2 Å². The fourth-order valence-corrected chi connectivity index (χ4v) is 3.26. The van der Waals surface area contributed by atoms with Gasteiger partial charge in [0.2, 0.25) is 0 Å². The Labute approximate surface area is 123 Å². The van der Waals surface area contributed by atoms with Gasteiger partial charge in [0, 0.05) is 32.2 Å². The molecule has 0 spiro atoms. The summed E-state index contributed by atoms with van der Waals surface area (Å²) in [6.07, 6.45) is -0.381. The van der Waals surface area contributed by atoms with Gasteiger partial charge in [-0.15, -0.1) is 0 Å². The van der Waals surface area contributed by atoms with Crippen molar-refractivity contribution in [2.75, 3.05) is 32.7 Å². The quantitative estimate of drug-likeness (QED) is 0.914. The number of hydrogen-bond acceptors (Lipinski definition) is 3. The van der Waals surface area contributed by atoms with Crippen LogP contribution in [0.2, 0.25) is 0 Å². The van der Waals surface area contributed by atoms with Crippen LogP contribution >= 0.6 is 0 Å². The summed E-state index contributed by atoms with van der Waals surface area (Å²) in [5, 5.41) is 10.5. The maximum Gasteiger partial charge on any atom is 0.0917 e. The lowest BCUT2D eigenvalue weighted by molar-refractivity contribution is 0.0478. The van der Waals surface area contributed by atoms with Crippen molar-refractivity contribution < 1.29 is 5.11 Å². The monoisotopic (exact) mass is 276 g/mol. The number of aryl methyl sites for hydroxylation is 2. The van der Waals surface area contributed by atoms with E-state index in [9.17, 15) is 5.11 Å². The Morgan fingerprint density at radius 1 is 1.20 bits per heavy atom. The first-order chi connectivity index (χ1) is 9.49. The molecule has 2 unspecified atom stereocenters. The highest BCUT2D eigenvalue weighted by Crippen LogP contribution is 2.19. The summed E-state index contributed by atoms with van der Waals surface area (Å²) in [7, 11) is 0. The Balaban J connectivity index is 1.96. The Morgan fingerprint density at radius 3 is 2.40 bits per heavy atom. The largest absolute Gasteiger partial charge is 0.387 e. The number of aliphatic hydroxyl groups is 1. The van der Waals surface area contributed by atoms with Crippen molar-refractivity contribution in [3.63, 3.8) is 0 Å². The number of likely N-dealkylation sites (N-methyl/N-ethyl adjacent to an activating group) is 1. The lowest BCUT2D eigenvalue weighted by atomic mass is 10.0. The maximum absolute atomic E-state index is 10.5. The Kier molecular flexibility index (Phi) is 5.19. The van der Waals surface area contributed by atoms with Gasteiger partial charge in [-0.25, -0.2) is 0 Å². The molecule has 0 saturated carbocycles. The summed E-state index contributed by atoms with van der Waals surface area (Å²) in [5.74, 6) is 0. The number of piperazine rings is 1. The molecule has 0 radical (unpaired) electrons. The summed E-state index contributed by atoms with van der Waals surface area (Å²) in [4.78, 5) is 4.89. The highest BCUT2D eigenvalue weighted by molar-refractivity contribution is 5.30. The van der Waals surface area contributed by atoms with Gasteiger partial charge in [-0.3, -0.25) is 9.80 Å². The van der Waals surface area contributed by atoms with Crippen LogP contribution < -0.4 is 0 Å². The molecule has 0 aliphatic carbocycles. The van der Waals surface area contributed by atoms with E-state index in [4.69, 9.17) is 0 Å². The van der Waals surface area contributed by atoms with Crippen molar-refractivity contribution >= 4 is 0 Å². The molecule has 3 nitrogen and oxygen atoms in total. The molecule has 3 heteroatoms. The fourth-order valence-electron chi connectivity index (χ4n) is 3.26. The molecule has 112 valence electrons. The molecule has 2 rings (SSSR count). The van der Waals surface area contributed by atoms with Crippen LogP contribution in [0, 0.1) is 13.8 Å². The molecule has 1 aliphatic rings. The third-order valence-corrected chi connectivity index (χ3v) is 4.32. The standard InChI is InChI=1S/C17H28N2O/c1-5-19-7-6-18(11-15(19)4)12-17(20)16-9-13(2)8-14(3)10-16/h8-10,15,17,20H,5-7,11-12H2,1-4H3. The summed E-state index contributed by atoms with van der Waals surface area (Å²) >= 11 is 0. The molecule has 0 amide bonds. The second-order valence-corrected chi connectivity index (χ2v) is 6.17. The van der Waals surface area contributed by atoms with Crippen LogP contribution in [0.4, 0.5) is 0 Å². The van der Waals surface area contributed by atoms with E-state index in [1.54, 1.807) is 0 Å². The lowest BCUT2D eigenvalue weighted by Crippen LogP contribution is -2.52. The van der Waals surface area contributed by atoms with E-state index in [0.717, 1.165) is 38.3 Å². The average molecular weight is 276 g/mol. The highest BCUT2D eigenvalue weighted by atomic mass is 16.3. The van der Waals surface area contributed by atoms with Crippen molar-refractivity contribution in [3.05, 3.63) is 34.9 Å². The number of aliphatic hydroxyl groups excluding tert-OH is 1. The van der Waals surface area contributed by atoms with E-state index in [0.29, 0.717) is 6.04 Å². The van der Waals surface area contributed by atoms with Crippen molar-refractivity contribution in [2.24, 2.45) is 0 Å². The number of nitrogens with zero attached hydrogens (tertiary/aromatic N) is 2. The third kappa shape index (κ3) is 3.81. The minimum absolute atomic E-state index is 0.381. The molecule has 1 saturated heterocycles. The Bertz CT molecular complexity index is 426. The topological polar surface area (TPSA) is 26.7 Å². The SMILES string of the molecule is CCN1CCN(CC(O)c2cc(C)cc(C)c2)CC1C. The van der Waals surface area contributed by atoms with Gasteiger partial charge in [0.25, 0.3) is 0 Å². The molecule has 0 aromatic heterocycles. The third-order valence-electron chi connectivity index (χ3n) is 4.32. The van der Waals surface area contributed by atoms with Gasteiger partial charge in [0.15, 0.2) is 0 Å². The van der Waals surface area contributed by atoms with Gasteiger partial charge in [-0.1, -0.05) is 36.2 Å². The van der Waals surface area contributed by atoms with Crippen molar-refractivity contribution in [3.8, 4) is 0 Å². The second-order valence-electron chi connectivity index (χ2n) is 6.17. The van der Waals surface area contributed by atoms with Gasteiger partial charge < -0.3 is 5.11 Å². The van der Waals surface area contributed by atoms with Gasteiger partial charge in [-0.05, 0) is 32.9 Å². The van der Waals surface area contributed by atoms with Crippen LogP contribution in [0.3, 0.4) is 0 Å². The van der Waals surface area contributed by atoms with E-state index in [-0.39, 0.29) is 6.10 Å². The first-order valence-corrected chi connectivity index (χ1v) is 7.72. The number of rotatable bonds is 4. The smallest absolute Gasteiger partial charge is 0.0917 e. The minimum atomic E-state index is -0.381. The molecular formula is C17H28N2O. The first-order valence-electron chi connectivity index (χ1n) is 7.72. The zero-order valence-corrected chi connectivity index (χ0v) is 13.3. The van der Waals surface area contributed by atoms with Gasteiger partial charge >= 0.3 is 0 Å². The maximum atomic E-state index is 10.5. The molecule has 1 aromatic rings. The van der Waals surface area contributed by atoms with E-state index < -0.39 is 0 Å². The van der Waals surface area contributed by atoms with Crippen LogP contribution in [-0.4, -0.2) is 53.7 Å². The molecule has 1 fully saturated rings. The zero-order valence-electron chi connectivity index (χ0n) is 13.3.